The van der Waals surface area contributed by atoms with E-state index < -0.39 is 6.04 Å². The zero-order valence-corrected chi connectivity index (χ0v) is 13.2. The number of hydrogen-bond acceptors (Lipinski definition) is 3. The molecular weight excluding hydrogens is 310 g/mol. The van der Waals surface area contributed by atoms with Crippen LogP contribution in [0.1, 0.15) is 19.8 Å². The van der Waals surface area contributed by atoms with E-state index in [0.717, 1.165) is 6.42 Å². The van der Waals surface area contributed by atoms with E-state index in [2.05, 4.69) is 12.6 Å². The Balaban J connectivity index is 2.09. The molecule has 4 nitrogen and oxygen atoms in total. The summed E-state index contributed by atoms with van der Waals surface area (Å²) in [6.45, 7) is 2.21. The van der Waals surface area contributed by atoms with Gasteiger partial charge >= 0.3 is 0 Å². The van der Waals surface area contributed by atoms with Gasteiger partial charge in [-0.2, -0.15) is 0 Å². The Kier molecular flexibility index (Phi) is 5.31. The Labute approximate surface area is 134 Å². The minimum Gasteiger partial charge on any atom is -0.458 e. The number of halogens is 1. The topological polar surface area (TPSA) is 46.6 Å². The molecule has 1 atom stereocenters. The number of para-hydroxylation sites is 1. The van der Waals surface area contributed by atoms with Gasteiger partial charge in [-0.25, -0.2) is 0 Å². The van der Waals surface area contributed by atoms with Gasteiger partial charge in [-0.15, -0.1) is 12.6 Å². The lowest BCUT2D eigenvalue weighted by molar-refractivity contribution is -0.131. The van der Waals surface area contributed by atoms with E-state index in [1.165, 1.54) is 11.0 Å². The lowest BCUT2D eigenvalue weighted by Gasteiger charge is -2.25. The van der Waals surface area contributed by atoms with Gasteiger partial charge in [-0.05, 0) is 18.6 Å². The van der Waals surface area contributed by atoms with E-state index >= 15 is 0 Å². The molecule has 1 aliphatic rings. The third-order valence-corrected chi connectivity index (χ3v) is 3.81. The van der Waals surface area contributed by atoms with Crippen molar-refractivity contribution in [3.8, 4) is 5.75 Å². The number of amides is 1. The monoisotopic (exact) mass is 325 g/mol. The van der Waals surface area contributed by atoms with E-state index in [0.29, 0.717) is 23.0 Å². The van der Waals surface area contributed by atoms with Crippen LogP contribution in [0.4, 0.5) is 0 Å². The molecular formula is C15H16ClNO3S. The Bertz CT molecular complexity index is 588. The average Bonchev–Trinajstić information content (AvgIpc) is 2.79. The van der Waals surface area contributed by atoms with Crippen molar-refractivity contribution < 1.29 is 14.3 Å². The van der Waals surface area contributed by atoms with Crippen molar-refractivity contribution in [2.24, 2.45) is 0 Å². The molecule has 0 radical (unpaired) electrons. The maximum absolute atomic E-state index is 12.0. The first-order valence-electron chi connectivity index (χ1n) is 6.69. The van der Waals surface area contributed by atoms with Crippen molar-refractivity contribution in [2.45, 2.75) is 25.8 Å². The van der Waals surface area contributed by atoms with Gasteiger partial charge in [0, 0.05) is 6.08 Å². The van der Waals surface area contributed by atoms with Crippen molar-refractivity contribution in [1.82, 2.24) is 4.90 Å². The highest BCUT2D eigenvalue weighted by Crippen LogP contribution is 2.27. The highest BCUT2D eigenvalue weighted by atomic mass is 35.5. The second-order valence-corrected chi connectivity index (χ2v) is 5.60. The van der Waals surface area contributed by atoms with Gasteiger partial charge in [0.2, 0.25) is 5.12 Å². The summed E-state index contributed by atoms with van der Waals surface area (Å²) in [5.74, 6) is 0.728. The molecule has 112 valence electrons. The Morgan fingerprint density at radius 1 is 1.48 bits per heavy atom. The number of hydrogen-bond donors (Lipinski definition) is 1. The molecule has 0 N–H and O–H groups in total. The summed E-state index contributed by atoms with van der Waals surface area (Å²) >= 11 is 9.89. The number of ether oxygens (including phenoxy) is 1. The zero-order valence-electron chi connectivity index (χ0n) is 11.6. The molecule has 0 fully saturated rings. The summed E-state index contributed by atoms with van der Waals surface area (Å²) in [7, 11) is 0. The molecule has 0 aromatic heterocycles. The summed E-state index contributed by atoms with van der Waals surface area (Å²) < 4.78 is 5.65. The average molecular weight is 326 g/mol. The first-order chi connectivity index (χ1) is 10.0. The third-order valence-electron chi connectivity index (χ3n) is 3.19. The SMILES string of the molecule is CCC[C@@H](C(=O)S)N1CC(Oc2ccccc2Cl)=CC1=O. The fraction of sp³-hybridized carbons (Fsp3) is 0.333. The van der Waals surface area contributed by atoms with E-state index in [-0.39, 0.29) is 17.6 Å². The summed E-state index contributed by atoms with van der Waals surface area (Å²) in [6.07, 6.45) is 2.77. The van der Waals surface area contributed by atoms with Gasteiger partial charge in [0.25, 0.3) is 5.91 Å². The minimum absolute atomic E-state index is 0.238. The second-order valence-electron chi connectivity index (χ2n) is 4.75. The van der Waals surface area contributed by atoms with Crippen LogP contribution in [0.15, 0.2) is 36.1 Å². The van der Waals surface area contributed by atoms with Crippen molar-refractivity contribution >= 4 is 35.3 Å². The van der Waals surface area contributed by atoms with Crippen LogP contribution in [0.25, 0.3) is 0 Å². The molecule has 1 aromatic carbocycles. The fourth-order valence-corrected chi connectivity index (χ4v) is 2.64. The summed E-state index contributed by atoms with van der Waals surface area (Å²) in [5, 5.41) is 0.164. The first-order valence-corrected chi connectivity index (χ1v) is 7.51. The largest absolute Gasteiger partial charge is 0.458 e. The quantitative estimate of drug-likeness (QED) is 0.818. The van der Waals surface area contributed by atoms with Crippen LogP contribution in [0, 0.1) is 0 Å². The molecule has 1 heterocycles. The van der Waals surface area contributed by atoms with Gasteiger partial charge in [0.15, 0.2) is 0 Å². The predicted molar refractivity (Wildman–Crippen MR) is 84.6 cm³/mol. The fourth-order valence-electron chi connectivity index (χ4n) is 2.19. The molecule has 1 aliphatic heterocycles. The molecule has 0 saturated carbocycles. The smallest absolute Gasteiger partial charge is 0.251 e. The van der Waals surface area contributed by atoms with Crippen LogP contribution < -0.4 is 4.74 Å². The zero-order chi connectivity index (χ0) is 15.4. The minimum atomic E-state index is -0.519. The number of benzene rings is 1. The van der Waals surface area contributed by atoms with E-state index in [1.807, 2.05) is 6.92 Å². The van der Waals surface area contributed by atoms with Crippen LogP contribution in [0.2, 0.25) is 5.02 Å². The highest BCUT2D eigenvalue weighted by Gasteiger charge is 2.32. The van der Waals surface area contributed by atoms with Crippen molar-refractivity contribution in [1.29, 1.82) is 0 Å². The van der Waals surface area contributed by atoms with Crippen LogP contribution in [-0.4, -0.2) is 28.5 Å². The molecule has 2 rings (SSSR count). The number of rotatable bonds is 6. The Hall–Kier alpha value is -1.46. The van der Waals surface area contributed by atoms with Gasteiger partial charge < -0.3 is 9.64 Å². The van der Waals surface area contributed by atoms with E-state index in [1.54, 1.807) is 24.3 Å². The van der Waals surface area contributed by atoms with Crippen molar-refractivity contribution in [3.63, 3.8) is 0 Å². The molecule has 6 heteroatoms. The van der Waals surface area contributed by atoms with Crippen LogP contribution in [0.5, 0.6) is 5.75 Å². The van der Waals surface area contributed by atoms with E-state index in [4.69, 9.17) is 16.3 Å². The standard InChI is InChI=1S/C15H16ClNO3S/c1-2-5-12(15(19)21)17-9-10(8-14(17)18)20-13-7-4-3-6-11(13)16/h3-4,6-8,12H,2,5,9H2,1H3,(H,19,21)/t12-/m0/s1. The van der Waals surface area contributed by atoms with Gasteiger partial charge in [-0.3, -0.25) is 9.59 Å². The number of thiol groups is 1. The first kappa shape index (κ1) is 15.9. The third kappa shape index (κ3) is 3.80. The summed E-state index contributed by atoms with van der Waals surface area (Å²) in [6, 6.07) is 6.52. The number of carbonyl (C=O) groups is 2. The van der Waals surface area contributed by atoms with Crippen molar-refractivity contribution in [2.75, 3.05) is 6.54 Å². The van der Waals surface area contributed by atoms with Crippen molar-refractivity contribution in [3.05, 3.63) is 41.1 Å². The van der Waals surface area contributed by atoms with Crippen LogP contribution in [-0.2, 0) is 9.59 Å². The molecule has 0 aliphatic carbocycles. The molecule has 21 heavy (non-hydrogen) atoms. The Morgan fingerprint density at radius 2 is 2.19 bits per heavy atom. The van der Waals surface area contributed by atoms with Crippen LogP contribution in [0.3, 0.4) is 0 Å². The summed E-state index contributed by atoms with van der Waals surface area (Å²) in [5.41, 5.74) is 0. The maximum atomic E-state index is 12.0. The predicted octanol–water partition coefficient (Wildman–Crippen LogP) is 3.07. The lowest BCUT2D eigenvalue weighted by atomic mass is 10.1. The highest BCUT2D eigenvalue weighted by molar-refractivity contribution is 7.96. The second kappa shape index (κ2) is 7.00. The molecule has 0 unspecified atom stereocenters. The molecule has 1 aromatic rings. The van der Waals surface area contributed by atoms with Gasteiger partial charge in [-0.1, -0.05) is 37.1 Å². The van der Waals surface area contributed by atoms with Gasteiger partial charge in [0.1, 0.15) is 17.6 Å². The lowest BCUT2D eigenvalue weighted by Crippen LogP contribution is -2.41. The number of carbonyl (C=O) groups excluding carboxylic acids is 2. The molecule has 1 amide bonds. The van der Waals surface area contributed by atoms with Crippen LogP contribution >= 0.6 is 24.2 Å². The molecule has 0 bridgehead atoms. The Morgan fingerprint density at radius 3 is 2.81 bits per heavy atom. The summed E-state index contributed by atoms with van der Waals surface area (Å²) in [4.78, 5) is 25.1. The maximum Gasteiger partial charge on any atom is 0.251 e. The molecule has 0 saturated heterocycles. The van der Waals surface area contributed by atoms with E-state index in [9.17, 15) is 9.59 Å². The normalized spacial score (nSPS) is 15.9. The number of nitrogens with zero attached hydrogens (tertiary/aromatic N) is 1. The molecule has 0 spiro atoms. The van der Waals surface area contributed by atoms with Gasteiger partial charge in [0.05, 0.1) is 11.6 Å².